The quantitative estimate of drug-likeness (QED) is 0.530. The van der Waals surface area contributed by atoms with E-state index in [1.807, 2.05) is 12.1 Å². The van der Waals surface area contributed by atoms with Crippen molar-refractivity contribution in [1.82, 2.24) is 0 Å². The number of aryl methyl sites for hydroxylation is 1. The molecule has 108 valence electrons. The average molecular weight is 286 g/mol. The Labute approximate surface area is 115 Å². The zero-order chi connectivity index (χ0) is 14.1. The summed E-state index contributed by atoms with van der Waals surface area (Å²) in [5, 5.41) is 0. The number of para-hydroxylation sites is 1. The molecule has 0 heterocycles. The van der Waals surface area contributed by atoms with E-state index in [1.165, 1.54) is 25.7 Å². The van der Waals surface area contributed by atoms with Crippen LogP contribution in [0.2, 0.25) is 0 Å². The number of unbranched alkanes of at least 4 members (excludes halogenated alkanes) is 5. The first-order valence-electron chi connectivity index (χ1n) is 6.86. The molecule has 0 saturated heterocycles. The second-order valence-corrected chi connectivity index (χ2v) is 5.87. The molecule has 0 radical (unpaired) electrons. The van der Waals surface area contributed by atoms with E-state index in [0.717, 1.165) is 24.8 Å². The Hall–Kier alpha value is -0.830. The summed E-state index contributed by atoms with van der Waals surface area (Å²) >= 11 is 0. The van der Waals surface area contributed by atoms with Gasteiger partial charge in [0.25, 0.3) is 0 Å². The lowest BCUT2D eigenvalue weighted by Gasteiger charge is -2.11. The fraction of sp³-hybridized carbons (Fsp3) is 0.571. The summed E-state index contributed by atoms with van der Waals surface area (Å²) in [6, 6.07) is 7.04. The van der Waals surface area contributed by atoms with Crippen LogP contribution in [0.4, 0.5) is 0 Å². The summed E-state index contributed by atoms with van der Waals surface area (Å²) in [6.07, 6.45) is 7.95. The molecule has 1 rings (SSSR count). The van der Waals surface area contributed by atoms with Crippen molar-refractivity contribution in [2.45, 2.75) is 51.9 Å². The smallest absolute Gasteiger partial charge is 0.404 e. The minimum atomic E-state index is -4.47. The Morgan fingerprint density at radius 3 is 2.37 bits per heavy atom. The third-order valence-corrected chi connectivity index (χ3v) is 3.42. The molecule has 0 atom stereocenters. The van der Waals surface area contributed by atoms with Crippen LogP contribution in [0, 0.1) is 0 Å². The molecule has 0 aliphatic heterocycles. The van der Waals surface area contributed by atoms with Crippen LogP contribution in [0.15, 0.2) is 24.3 Å². The van der Waals surface area contributed by atoms with Crippen molar-refractivity contribution < 1.29 is 18.9 Å². The molecule has 2 N–H and O–H groups in total. The van der Waals surface area contributed by atoms with E-state index < -0.39 is 7.82 Å². The molecular weight excluding hydrogens is 263 g/mol. The molecule has 5 heteroatoms. The monoisotopic (exact) mass is 286 g/mol. The van der Waals surface area contributed by atoms with Gasteiger partial charge in [-0.2, -0.15) is 0 Å². The summed E-state index contributed by atoms with van der Waals surface area (Å²) in [4.78, 5) is 17.7. The van der Waals surface area contributed by atoms with Gasteiger partial charge in [0.1, 0.15) is 5.75 Å². The Morgan fingerprint density at radius 1 is 1.05 bits per heavy atom. The normalized spacial score (nSPS) is 11.5. The number of rotatable bonds is 9. The average Bonchev–Trinajstić information content (AvgIpc) is 2.33. The molecule has 1 aromatic rings. The Bertz CT molecular complexity index is 414. The van der Waals surface area contributed by atoms with Gasteiger partial charge in [-0.3, -0.25) is 9.79 Å². The predicted octanol–water partition coefficient (Wildman–Crippen LogP) is 4.06. The lowest BCUT2D eigenvalue weighted by molar-refractivity contribution is 0.282. The van der Waals surface area contributed by atoms with Crippen LogP contribution in [0.5, 0.6) is 5.75 Å². The van der Waals surface area contributed by atoms with Gasteiger partial charge in [0, 0.05) is 0 Å². The van der Waals surface area contributed by atoms with E-state index in [-0.39, 0.29) is 0 Å². The van der Waals surface area contributed by atoms with Crippen molar-refractivity contribution in [3.63, 3.8) is 0 Å². The van der Waals surface area contributed by atoms with Gasteiger partial charge in [-0.15, -0.1) is 0 Å². The molecule has 4 nitrogen and oxygen atoms in total. The van der Waals surface area contributed by atoms with Crippen LogP contribution in [0.25, 0.3) is 0 Å². The van der Waals surface area contributed by atoms with Gasteiger partial charge >= 0.3 is 7.82 Å². The predicted molar refractivity (Wildman–Crippen MR) is 76.2 cm³/mol. The topological polar surface area (TPSA) is 66.8 Å². The Balaban J connectivity index is 2.42. The number of phosphoric acid groups is 1. The van der Waals surface area contributed by atoms with Crippen molar-refractivity contribution >= 4 is 7.82 Å². The van der Waals surface area contributed by atoms with E-state index in [0.29, 0.717) is 5.75 Å². The number of benzene rings is 1. The van der Waals surface area contributed by atoms with Gasteiger partial charge in [-0.25, -0.2) is 4.57 Å². The molecule has 0 aliphatic rings. The first-order valence-corrected chi connectivity index (χ1v) is 8.39. The minimum absolute atomic E-state index is 0.296. The van der Waals surface area contributed by atoms with Crippen LogP contribution >= 0.6 is 7.82 Å². The zero-order valence-electron chi connectivity index (χ0n) is 11.4. The zero-order valence-corrected chi connectivity index (χ0v) is 12.3. The first-order chi connectivity index (χ1) is 9.03. The number of hydrogen-bond acceptors (Lipinski definition) is 2. The summed E-state index contributed by atoms with van der Waals surface area (Å²) in [6.45, 7) is 2.19. The summed E-state index contributed by atoms with van der Waals surface area (Å²) < 4.78 is 15.6. The summed E-state index contributed by atoms with van der Waals surface area (Å²) in [5.74, 6) is 0.296. The van der Waals surface area contributed by atoms with Gasteiger partial charge in [0.2, 0.25) is 0 Å². The molecule has 19 heavy (non-hydrogen) atoms. The Kier molecular flexibility index (Phi) is 7.14. The molecule has 0 fully saturated rings. The molecule has 0 saturated carbocycles. The summed E-state index contributed by atoms with van der Waals surface area (Å²) in [5.41, 5.74) is 0.862. The fourth-order valence-electron chi connectivity index (χ4n) is 2.02. The van der Waals surface area contributed by atoms with Crippen molar-refractivity contribution in [2.75, 3.05) is 0 Å². The van der Waals surface area contributed by atoms with Crippen LogP contribution in [-0.2, 0) is 11.0 Å². The third kappa shape index (κ3) is 7.36. The van der Waals surface area contributed by atoms with Gasteiger partial charge in [0.05, 0.1) is 0 Å². The molecule has 0 spiro atoms. The fourth-order valence-corrected chi connectivity index (χ4v) is 2.46. The van der Waals surface area contributed by atoms with E-state index in [1.54, 1.807) is 12.1 Å². The highest BCUT2D eigenvalue weighted by molar-refractivity contribution is 7.46. The summed E-state index contributed by atoms with van der Waals surface area (Å²) in [7, 11) is -4.47. The standard InChI is InChI=1S/C14H23O4P/c1-2-3-4-5-6-7-10-13-11-8-9-12-14(13)18-19(15,16)17/h8-9,11-12H,2-7,10H2,1H3,(H2,15,16,17). The van der Waals surface area contributed by atoms with Crippen LogP contribution in [0.3, 0.4) is 0 Å². The molecule has 0 aromatic heterocycles. The highest BCUT2D eigenvalue weighted by atomic mass is 31.2. The maximum atomic E-state index is 10.9. The second-order valence-electron chi connectivity index (χ2n) is 4.71. The van der Waals surface area contributed by atoms with Crippen molar-refractivity contribution in [3.8, 4) is 5.75 Å². The van der Waals surface area contributed by atoms with Gasteiger partial charge in [-0.1, -0.05) is 57.2 Å². The lowest BCUT2D eigenvalue weighted by Crippen LogP contribution is -1.95. The lowest BCUT2D eigenvalue weighted by atomic mass is 10.0. The van der Waals surface area contributed by atoms with Crippen molar-refractivity contribution in [2.24, 2.45) is 0 Å². The maximum Gasteiger partial charge on any atom is 0.524 e. The van der Waals surface area contributed by atoms with E-state index in [4.69, 9.17) is 14.3 Å². The van der Waals surface area contributed by atoms with E-state index in [2.05, 4.69) is 6.92 Å². The largest absolute Gasteiger partial charge is 0.524 e. The molecule has 0 amide bonds. The SMILES string of the molecule is CCCCCCCCc1ccccc1OP(=O)(O)O. The van der Waals surface area contributed by atoms with Gasteiger partial charge in [-0.05, 0) is 24.5 Å². The van der Waals surface area contributed by atoms with Gasteiger partial charge in [0.15, 0.2) is 0 Å². The van der Waals surface area contributed by atoms with Gasteiger partial charge < -0.3 is 4.52 Å². The van der Waals surface area contributed by atoms with Crippen LogP contribution in [-0.4, -0.2) is 9.79 Å². The van der Waals surface area contributed by atoms with Crippen molar-refractivity contribution in [3.05, 3.63) is 29.8 Å². The Morgan fingerprint density at radius 2 is 1.68 bits per heavy atom. The minimum Gasteiger partial charge on any atom is -0.404 e. The maximum absolute atomic E-state index is 10.9. The molecular formula is C14H23O4P. The van der Waals surface area contributed by atoms with Crippen molar-refractivity contribution in [1.29, 1.82) is 0 Å². The first kappa shape index (κ1) is 16.2. The van der Waals surface area contributed by atoms with Crippen LogP contribution < -0.4 is 4.52 Å². The van der Waals surface area contributed by atoms with Crippen LogP contribution in [0.1, 0.15) is 51.0 Å². The number of phosphoric ester groups is 1. The highest BCUT2D eigenvalue weighted by Crippen LogP contribution is 2.39. The highest BCUT2D eigenvalue weighted by Gasteiger charge is 2.17. The number of hydrogen-bond donors (Lipinski definition) is 2. The molecule has 0 bridgehead atoms. The van der Waals surface area contributed by atoms with E-state index in [9.17, 15) is 4.57 Å². The molecule has 1 aromatic carbocycles. The molecule has 0 aliphatic carbocycles. The third-order valence-electron chi connectivity index (χ3n) is 2.99. The van der Waals surface area contributed by atoms with E-state index >= 15 is 0 Å². The second kappa shape index (κ2) is 8.36. The molecule has 0 unspecified atom stereocenters.